The van der Waals surface area contributed by atoms with Crippen LogP contribution in [0.3, 0.4) is 0 Å². The fraction of sp³-hybridized carbons (Fsp3) is 0.409. The number of piperazine rings is 1. The first-order chi connectivity index (χ1) is 15.9. The molecule has 2 aliphatic rings. The SMILES string of the molecule is CCN1CCN(c2nc3ccccn3c(=O)c2C=C2SC(=S)N(CCCC(=O)O)C2=O)CC1. The fourth-order valence-corrected chi connectivity index (χ4v) is 5.24. The number of aromatic nitrogens is 2. The van der Waals surface area contributed by atoms with Gasteiger partial charge in [0.25, 0.3) is 11.5 Å². The second-order valence-electron chi connectivity index (χ2n) is 7.84. The molecule has 11 heteroatoms. The smallest absolute Gasteiger partial charge is 0.303 e. The molecule has 1 N–H and O–H groups in total. The van der Waals surface area contributed by atoms with Gasteiger partial charge >= 0.3 is 5.97 Å². The summed E-state index contributed by atoms with van der Waals surface area (Å²) in [4.78, 5) is 48.2. The molecule has 2 aromatic rings. The Bertz CT molecular complexity index is 1190. The minimum atomic E-state index is -0.918. The van der Waals surface area contributed by atoms with E-state index in [4.69, 9.17) is 22.3 Å². The Morgan fingerprint density at radius 2 is 2.00 bits per heavy atom. The molecular formula is C22H25N5O4S2. The zero-order valence-electron chi connectivity index (χ0n) is 18.3. The second-order valence-corrected chi connectivity index (χ2v) is 9.51. The van der Waals surface area contributed by atoms with Crippen LogP contribution < -0.4 is 10.5 Å². The number of carboxylic acid groups (broad SMARTS) is 1. The maximum absolute atomic E-state index is 13.4. The number of hydrogen-bond acceptors (Lipinski definition) is 8. The first-order valence-electron chi connectivity index (χ1n) is 10.8. The van der Waals surface area contributed by atoms with Gasteiger partial charge in [-0.2, -0.15) is 0 Å². The van der Waals surface area contributed by atoms with Crippen molar-refractivity contribution >= 4 is 57.7 Å². The number of likely N-dealkylation sites (N-methyl/N-ethyl adjacent to an activating group) is 1. The summed E-state index contributed by atoms with van der Waals surface area (Å²) in [5.41, 5.74) is 0.660. The van der Waals surface area contributed by atoms with Crippen molar-refractivity contribution in [3.05, 3.63) is 45.2 Å². The van der Waals surface area contributed by atoms with Crippen LogP contribution in [0.15, 0.2) is 34.1 Å². The van der Waals surface area contributed by atoms with Crippen LogP contribution in [0.4, 0.5) is 5.82 Å². The quantitative estimate of drug-likeness (QED) is 0.464. The molecule has 33 heavy (non-hydrogen) atoms. The monoisotopic (exact) mass is 487 g/mol. The highest BCUT2D eigenvalue weighted by molar-refractivity contribution is 8.26. The number of rotatable bonds is 7. The summed E-state index contributed by atoms with van der Waals surface area (Å²) in [6.45, 7) is 6.55. The van der Waals surface area contributed by atoms with Gasteiger partial charge in [0, 0.05) is 45.3 Å². The van der Waals surface area contributed by atoms with Gasteiger partial charge in [-0.05, 0) is 31.2 Å². The van der Waals surface area contributed by atoms with Crippen molar-refractivity contribution < 1.29 is 14.7 Å². The van der Waals surface area contributed by atoms with Gasteiger partial charge in [-0.15, -0.1) is 0 Å². The van der Waals surface area contributed by atoms with Crippen LogP contribution in [0.1, 0.15) is 25.3 Å². The molecule has 0 radical (unpaired) electrons. The van der Waals surface area contributed by atoms with E-state index < -0.39 is 5.97 Å². The standard InChI is InChI=1S/C22H25N5O4S2/c1-2-24-10-12-25(13-11-24)19-15(20(30)26-8-4-3-6-17(26)23-19)14-16-21(31)27(22(32)33-16)9-5-7-18(28)29/h3-4,6,8,14H,2,5,7,9-13H2,1H3,(H,28,29). The van der Waals surface area contributed by atoms with Gasteiger partial charge in [-0.25, -0.2) is 4.98 Å². The molecule has 2 aromatic heterocycles. The Labute approximate surface area is 200 Å². The highest BCUT2D eigenvalue weighted by atomic mass is 32.2. The topological polar surface area (TPSA) is 98.5 Å². The summed E-state index contributed by atoms with van der Waals surface area (Å²) in [6, 6.07) is 5.39. The predicted octanol–water partition coefficient (Wildman–Crippen LogP) is 1.90. The van der Waals surface area contributed by atoms with E-state index in [1.165, 1.54) is 9.30 Å². The van der Waals surface area contributed by atoms with Crippen LogP contribution in [0.25, 0.3) is 11.7 Å². The van der Waals surface area contributed by atoms with Crippen LogP contribution in [0, 0.1) is 0 Å². The third-order valence-corrected chi connectivity index (χ3v) is 7.17. The van der Waals surface area contributed by atoms with Crippen molar-refractivity contribution in [1.29, 1.82) is 0 Å². The average Bonchev–Trinajstić information content (AvgIpc) is 3.08. The third-order valence-electron chi connectivity index (χ3n) is 5.79. The van der Waals surface area contributed by atoms with E-state index in [0.29, 0.717) is 32.7 Å². The van der Waals surface area contributed by atoms with E-state index in [9.17, 15) is 14.4 Å². The first kappa shape index (κ1) is 23.4. The van der Waals surface area contributed by atoms with Crippen LogP contribution in [0.2, 0.25) is 0 Å². The van der Waals surface area contributed by atoms with Crippen LogP contribution >= 0.6 is 24.0 Å². The number of thiocarbonyl (C=S) groups is 1. The molecule has 2 aliphatic heterocycles. The number of aliphatic carboxylic acids is 1. The molecule has 4 rings (SSSR count). The summed E-state index contributed by atoms with van der Waals surface area (Å²) in [6.07, 6.45) is 3.52. The minimum Gasteiger partial charge on any atom is -0.481 e. The van der Waals surface area contributed by atoms with Gasteiger partial charge in [0.05, 0.1) is 10.5 Å². The van der Waals surface area contributed by atoms with E-state index in [0.717, 1.165) is 44.5 Å². The first-order valence-corrected chi connectivity index (χ1v) is 12.1. The number of fused-ring (bicyclic) bond motifs is 1. The number of pyridine rings is 1. The zero-order valence-corrected chi connectivity index (χ0v) is 19.9. The van der Waals surface area contributed by atoms with Crippen LogP contribution in [-0.2, 0) is 9.59 Å². The van der Waals surface area contributed by atoms with Gasteiger partial charge < -0.3 is 14.9 Å². The number of hydrogen-bond donors (Lipinski definition) is 1. The van der Waals surface area contributed by atoms with Gasteiger partial charge in [-0.3, -0.25) is 23.7 Å². The van der Waals surface area contributed by atoms with Crippen LogP contribution in [-0.4, -0.2) is 79.8 Å². The normalized spacial score (nSPS) is 18.6. The van der Waals surface area contributed by atoms with E-state index in [1.807, 2.05) is 6.07 Å². The minimum absolute atomic E-state index is 0.0417. The molecule has 0 unspecified atom stereocenters. The Hall–Kier alpha value is -2.76. The van der Waals surface area contributed by atoms with Crippen molar-refractivity contribution in [2.75, 3.05) is 44.2 Å². The predicted molar refractivity (Wildman–Crippen MR) is 133 cm³/mol. The van der Waals surface area contributed by atoms with Gasteiger partial charge in [0.15, 0.2) is 0 Å². The number of thioether (sulfide) groups is 1. The molecule has 0 saturated carbocycles. The summed E-state index contributed by atoms with van der Waals surface area (Å²) in [7, 11) is 0. The number of carbonyl (C=O) groups is 2. The molecule has 4 heterocycles. The zero-order chi connectivity index (χ0) is 23.5. The Balaban J connectivity index is 1.70. The molecule has 0 aliphatic carbocycles. The summed E-state index contributed by atoms with van der Waals surface area (Å²) in [5.74, 6) is -0.660. The maximum atomic E-state index is 13.4. The van der Waals surface area contributed by atoms with Gasteiger partial charge in [0.2, 0.25) is 0 Å². The fourth-order valence-electron chi connectivity index (χ4n) is 3.95. The summed E-state index contributed by atoms with van der Waals surface area (Å²) < 4.78 is 1.84. The molecule has 0 bridgehead atoms. The molecule has 9 nitrogen and oxygen atoms in total. The van der Waals surface area contributed by atoms with E-state index in [2.05, 4.69) is 16.7 Å². The molecular weight excluding hydrogens is 462 g/mol. The number of carbonyl (C=O) groups excluding carboxylic acids is 1. The van der Waals surface area contributed by atoms with Gasteiger partial charge in [0.1, 0.15) is 15.8 Å². The van der Waals surface area contributed by atoms with E-state index >= 15 is 0 Å². The lowest BCUT2D eigenvalue weighted by Gasteiger charge is -2.35. The van der Waals surface area contributed by atoms with Crippen molar-refractivity contribution in [1.82, 2.24) is 19.2 Å². The van der Waals surface area contributed by atoms with E-state index in [1.54, 1.807) is 24.4 Å². The second kappa shape index (κ2) is 10.0. The van der Waals surface area contributed by atoms with Crippen LogP contribution in [0.5, 0.6) is 0 Å². The average molecular weight is 488 g/mol. The van der Waals surface area contributed by atoms with Gasteiger partial charge in [-0.1, -0.05) is 37.0 Å². The summed E-state index contributed by atoms with van der Waals surface area (Å²) >= 11 is 6.48. The molecule has 1 amide bonds. The molecule has 0 atom stereocenters. The lowest BCUT2D eigenvalue weighted by molar-refractivity contribution is -0.137. The number of amides is 1. The molecule has 2 saturated heterocycles. The lowest BCUT2D eigenvalue weighted by atomic mass is 10.2. The van der Waals surface area contributed by atoms with Crippen molar-refractivity contribution in [2.24, 2.45) is 0 Å². The molecule has 0 spiro atoms. The molecule has 2 fully saturated rings. The molecule has 174 valence electrons. The Kier molecular flexibility index (Phi) is 7.11. The highest BCUT2D eigenvalue weighted by Crippen LogP contribution is 2.33. The Morgan fingerprint density at radius 3 is 2.70 bits per heavy atom. The van der Waals surface area contributed by atoms with Crippen molar-refractivity contribution in [2.45, 2.75) is 19.8 Å². The number of nitrogens with zero attached hydrogens (tertiary/aromatic N) is 5. The maximum Gasteiger partial charge on any atom is 0.303 e. The lowest BCUT2D eigenvalue weighted by Crippen LogP contribution is -2.47. The third kappa shape index (κ3) is 4.94. The number of anilines is 1. The molecule has 0 aromatic carbocycles. The van der Waals surface area contributed by atoms with E-state index in [-0.39, 0.29) is 24.4 Å². The Morgan fingerprint density at radius 1 is 1.24 bits per heavy atom. The highest BCUT2D eigenvalue weighted by Gasteiger charge is 2.33. The largest absolute Gasteiger partial charge is 0.481 e. The summed E-state index contributed by atoms with van der Waals surface area (Å²) in [5, 5.41) is 8.87. The van der Waals surface area contributed by atoms with Crippen molar-refractivity contribution in [3.8, 4) is 0 Å². The number of carboxylic acids is 1. The van der Waals surface area contributed by atoms with Crippen molar-refractivity contribution in [3.63, 3.8) is 0 Å².